The molecule has 70 valence electrons. The van der Waals surface area contributed by atoms with Crippen molar-refractivity contribution in [2.24, 2.45) is 0 Å². The highest BCUT2D eigenvalue weighted by Crippen LogP contribution is 2.17. The summed E-state index contributed by atoms with van der Waals surface area (Å²) in [6, 6.07) is 21.2. The minimum atomic E-state index is 1.10. The number of rotatable bonds is 3. The molecule has 0 bridgehead atoms. The fourth-order valence-corrected chi connectivity index (χ4v) is 2.26. The Morgan fingerprint density at radius 3 is 1.93 bits per heavy atom. The van der Waals surface area contributed by atoms with Crippen LogP contribution >= 0.6 is 8.58 Å². The first-order chi connectivity index (χ1) is 6.95. The van der Waals surface area contributed by atoms with Crippen molar-refractivity contribution in [2.45, 2.75) is 6.16 Å². The van der Waals surface area contributed by atoms with Crippen molar-refractivity contribution in [3.05, 3.63) is 66.2 Å². The van der Waals surface area contributed by atoms with E-state index in [2.05, 4.69) is 60.7 Å². The predicted molar refractivity (Wildman–Crippen MR) is 63.1 cm³/mol. The van der Waals surface area contributed by atoms with Crippen LogP contribution in [0.1, 0.15) is 5.56 Å². The van der Waals surface area contributed by atoms with Gasteiger partial charge in [-0.15, -0.1) is 0 Å². The van der Waals surface area contributed by atoms with E-state index in [1.165, 1.54) is 19.4 Å². The summed E-state index contributed by atoms with van der Waals surface area (Å²) in [6.45, 7) is 0. The second kappa shape index (κ2) is 4.93. The summed E-state index contributed by atoms with van der Waals surface area (Å²) < 4.78 is 0. The molecule has 0 amide bonds. The molecule has 0 aliphatic carbocycles. The van der Waals surface area contributed by atoms with Gasteiger partial charge in [-0.3, -0.25) is 0 Å². The lowest BCUT2D eigenvalue weighted by atomic mass is 10.2. The fourth-order valence-electron chi connectivity index (χ4n) is 1.30. The van der Waals surface area contributed by atoms with E-state index in [1.807, 2.05) is 0 Å². The van der Waals surface area contributed by atoms with E-state index in [1.54, 1.807) is 0 Å². The Morgan fingerprint density at radius 1 is 0.714 bits per heavy atom. The lowest BCUT2D eigenvalue weighted by Crippen LogP contribution is -1.92. The molecule has 0 heterocycles. The molecule has 2 rings (SSSR count). The van der Waals surface area contributed by atoms with Gasteiger partial charge in [-0.2, -0.15) is 6.16 Å². The Labute approximate surface area is 86.8 Å². The van der Waals surface area contributed by atoms with E-state index in [0.717, 1.165) is 6.16 Å². The lowest BCUT2D eigenvalue weighted by molar-refractivity contribution is 1.41. The normalized spacial score (nSPS) is 10.9. The Kier molecular flexibility index (Phi) is 3.32. The van der Waals surface area contributed by atoms with Gasteiger partial charge in [0.15, 0.2) is 0 Å². The molecule has 0 unspecified atom stereocenters. The van der Waals surface area contributed by atoms with Crippen molar-refractivity contribution in [3.63, 3.8) is 0 Å². The van der Waals surface area contributed by atoms with E-state index >= 15 is 0 Å². The van der Waals surface area contributed by atoms with Gasteiger partial charge < -0.3 is 8.58 Å². The maximum atomic E-state index is 2.18. The summed E-state index contributed by atoms with van der Waals surface area (Å²) in [4.78, 5) is 0. The Bertz CT molecular complexity index is 327. The van der Waals surface area contributed by atoms with Gasteiger partial charge in [-0.05, 0) is 0 Å². The molecular weight excluding hydrogens is 187 g/mol. The maximum Gasteiger partial charge on any atom is -0.0615 e. The van der Waals surface area contributed by atoms with E-state index in [9.17, 15) is 0 Å². The predicted octanol–water partition coefficient (Wildman–Crippen LogP) is 3.46. The van der Waals surface area contributed by atoms with E-state index < -0.39 is 0 Å². The molecule has 0 N–H and O–H groups in total. The molecule has 0 aliphatic rings. The smallest absolute Gasteiger partial charge is 0.0615 e. The van der Waals surface area contributed by atoms with Gasteiger partial charge in [0.25, 0.3) is 0 Å². The monoisotopic (exact) mass is 199 g/mol. The summed E-state index contributed by atoms with van der Waals surface area (Å²) in [5.74, 6) is 0. The van der Waals surface area contributed by atoms with Crippen LogP contribution in [0.25, 0.3) is 0 Å². The van der Waals surface area contributed by atoms with Crippen LogP contribution in [0.5, 0.6) is 0 Å². The highest BCUT2D eigenvalue weighted by Gasteiger charge is 1.81. The third-order valence-corrected chi connectivity index (χ3v) is 3.23. The first-order valence-electron chi connectivity index (χ1n) is 4.71. The van der Waals surface area contributed by atoms with Crippen molar-refractivity contribution in [3.8, 4) is 0 Å². The Morgan fingerprint density at radius 2 is 1.29 bits per heavy atom. The molecule has 1 heteroatoms. The fraction of sp³-hybridized carbons (Fsp3) is 0.0769. The summed E-state index contributed by atoms with van der Waals surface area (Å²) in [5.41, 5.74) is 1.40. The van der Waals surface area contributed by atoms with E-state index in [4.69, 9.17) is 0 Å². The van der Waals surface area contributed by atoms with Crippen molar-refractivity contribution < 1.29 is 0 Å². The van der Waals surface area contributed by atoms with Crippen LogP contribution in [-0.2, 0) is 6.16 Å². The van der Waals surface area contributed by atoms with Crippen LogP contribution in [0.2, 0.25) is 0 Å². The zero-order valence-corrected chi connectivity index (χ0v) is 8.82. The molecule has 2 aromatic rings. The summed E-state index contributed by atoms with van der Waals surface area (Å²) in [5, 5.41) is 1.39. The van der Waals surface area contributed by atoms with Crippen LogP contribution < -0.4 is 5.30 Å². The molecule has 0 fully saturated rings. The van der Waals surface area contributed by atoms with E-state index in [0.29, 0.717) is 0 Å². The molecule has 0 aromatic heterocycles. The zero-order valence-electron chi connectivity index (χ0n) is 7.93. The molecule has 0 atom stereocenters. The van der Waals surface area contributed by atoms with Gasteiger partial charge in [0.05, 0.1) is 0 Å². The Hall–Kier alpha value is -1.13. The number of benzene rings is 2. The minimum absolute atomic E-state index is 1.10. The molecule has 0 spiro atoms. The highest BCUT2D eigenvalue weighted by molar-refractivity contribution is 7.46. The Balaban J connectivity index is 1.96. The molecule has 0 radical (unpaired) electrons. The van der Waals surface area contributed by atoms with Gasteiger partial charge in [0.2, 0.25) is 0 Å². The van der Waals surface area contributed by atoms with Gasteiger partial charge in [-0.25, -0.2) is 5.30 Å². The maximum absolute atomic E-state index is 2.18. The zero-order chi connectivity index (χ0) is 9.64. The molecule has 0 nitrogen and oxygen atoms in total. The SMILES string of the molecule is c1ccc(C[P-]c2ccccc2)cc1. The minimum Gasteiger partial charge on any atom is -0.501 e. The molecule has 2 aromatic carbocycles. The third-order valence-electron chi connectivity index (χ3n) is 2.04. The summed E-state index contributed by atoms with van der Waals surface area (Å²) in [7, 11) is 1.38. The quantitative estimate of drug-likeness (QED) is 0.664. The average Bonchev–Trinajstić information content (AvgIpc) is 2.29. The molecule has 0 saturated carbocycles. The number of hydrogen-bond acceptors (Lipinski definition) is 0. The van der Waals surface area contributed by atoms with Crippen molar-refractivity contribution in [1.82, 2.24) is 0 Å². The van der Waals surface area contributed by atoms with Gasteiger partial charge >= 0.3 is 0 Å². The first kappa shape index (κ1) is 9.43. The molecule has 0 saturated heterocycles. The molecule has 0 aliphatic heterocycles. The topological polar surface area (TPSA) is 0 Å². The van der Waals surface area contributed by atoms with Crippen molar-refractivity contribution >= 4 is 13.9 Å². The lowest BCUT2D eigenvalue weighted by Gasteiger charge is -2.17. The van der Waals surface area contributed by atoms with Gasteiger partial charge in [0.1, 0.15) is 0 Å². The second-order valence-corrected chi connectivity index (χ2v) is 4.29. The second-order valence-electron chi connectivity index (χ2n) is 3.14. The summed E-state index contributed by atoms with van der Waals surface area (Å²) in [6.07, 6.45) is 1.10. The number of hydrogen-bond donors (Lipinski definition) is 0. The first-order valence-corrected chi connectivity index (χ1v) is 5.79. The third kappa shape index (κ3) is 2.68. The van der Waals surface area contributed by atoms with Gasteiger partial charge in [-0.1, -0.05) is 66.2 Å². The van der Waals surface area contributed by atoms with Crippen LogP contribution in [0.3, 0.4) is 0 Å². The highest BCUT2D eigenvalue weighted by atomic mass is 31.1. The average molecular weight is 199 g/mol. The molecular formula is C13H12P-. The van der Waals surface area contributed by atoms with Crippen LogP contribution in [0, 0.1) is 0 Å². The van der Waals surface area contributed by atoms with Crippen molar-refractivity contribution in [1.29, 1.82) is 0 Å². The largest absolute Gasteiger partial charge is 0.501 e. The van der Waals surface area contributed by atoms with Gasteiger partial charge in [0, 0.05) is 0 Å². The standard InChI is InChI=1S/C13H12P/c1-3-7-12(8-4-1)11-14-13-9-5-2-6-10-13/h1-10H,11H2/q-1. The molecule has 14 heavy (non-hydrogen) atoms. The van der Waals surface area contributed by atoms with Crippen molar-refractivity contribution in [2.75, 3.05) is 0 Å². The van der Waals surface area contributed by atoms with E-state index in [-0.39, 0.29) is 0 Å². The van der Waals surface area contributed by atoms with Crippen LogP contribution in [0.4, 0.5) is 0 Å². The van der Waals surface area contributed by atoms with Crippen LogP contribution in [-0.4, -0.2) is 0 Å². The summed E-state index contributed by atoms with van der Waals surface area (Å²) >= 11 is 0. The van der Waals surface area contributed by atoms with Crippen LogP contribution in [0.15, 0.2) is 60.7 Å².